The van der Waals surface area contributed by atoms with Gasteiger partial charge in [0.2, 0.25) is 0 Å². The monoisotopic (exact) mass is 318 g/mol. The number of rotatable bonds is 8. The van der Waals surface area contributed by atoms with Gasteiger partial charge in [0.05, 0.1) is 6.61 Å². The Labute approximate surface area is 140 Å². The number of hydrogen-bond acceptors (Lipinski definition) is 3. The lowest BCUT2D eigenvalue weighted by Gasteiger charge is -2.20. The van der Waals surface area contributed by atoms with Gasteiger partial charge >= 0.3 is 0 Å². The molecule has 1 aliphatic heterocycles. The molecule has 1 saturated heterocycles. The molecule has 0 spiro atoms. The lowest BCUT2D eigenvalue weighted by molar-refractivity contribution is 0.136. The molecule has 1 aromatic rings. The van der Waals surface area contributed by atoms with E-state index in [1.54, 1.807) is 0 Å². The van der Waals surface area contributed by atoms with Crippen LogP contribution in [0.3, 0.4) is 0 Å². The molecule has 0 saturated carbocycles. The van der Waals surface area contributed by atoms with Crippen LogP contribution in [0.1, 0.15) is 26.2 Å². The van der Waals surface area contributed by atoms with Crippen LogP contribution in [0.25, 0.3) is 0 Å². The number of anilines is 1. The summed E-state index contributed by atoms with van der Waals surface area (Å²) in [6, 6.07) is 11.0. The molecule has 1 heterocycles. The van der Waals surface area contributed by atoms with Crippen LogP contribution in [0.5, 0.6) is 0 Å². The summed E-state index contributed by atoms with van der Waals surface area (Å²) < 4.78 is 5.56. The molecule has 1 fully saturated rings. The van der Waals surface area contributed by atoms with Gasteiger partial charge in [-0.25, -0.2) is 0 Å². The first-order chi connectivity index (χ1) is 11.3. The Morgan fingerprint density at radius 3 is 2.87 bits per heavy atom. The van der Waals surface area contributed by atoms with Crippen LogP contribution in [0, 0.1) is 0 Å². The fourth-order valence-corrected chi connectivity index (χ4v) is 2.73. The van der Waals surface area contributed by atoms with Gasteiger partial charge in [-0.2, -0.15) is 0 Å². The van der Waals surface area contributed by atoms with Crippen LogP contribution < -0.4 is 15.5 Å². The Kier molecular flexibility index (Phi) is 7.73. The zero-order valence-corrected chi connectivity index (χ0v) is 14.4. The van der Waals surface area contributed by atoms with Crippen LogP contribution in [-0.2, 0) is 4.74 Å². The lowest BCUT2D eigenvalue weighted by atomic mass is 10.3. The zero-order valence-electron chi connectivity index (χ0n) is 14.4. The molecule has 0 radical (unpaired) electrons. The number of nitrogens with zero attached hydrogens (tertiary/aromatic N) is 2. The van der Waals surface area contributed by atoms with E-state index in [9.17, 15) is 0 Å². The van der Waals surface area contributed by atoms with Crippen molar-refractivity contribution in [3.05, 3.63) is 30.3 Å². The molecule has 128 valence electrons. The van der Waals surface area contributed by atoms with Crippen molar-refractivity contribution in [1.82, 2.24) is 10.6 Å². The van der Waals surface area contributed by atoms with Crippen molar-refractivity contribution >= 4 is 11.6 Å². The maximum absolute atomic E-state index is 5.56. The second-order valence-electron chi connectivity index (χ2n) is 5.88. The van der Waals surface area contributed by atoms with E-state index < -0.39 is 0 Å². The first kappa shape index (κ1) is 17.6. The Morgan fingerprint density at radius 1 is 1.30 bits per heavy atom. The van der Waals surface area contributed by atoms with Gasteiger partial charge in [0, 0.05) is 45.0 Å². The molecular weight excluding hydrogens is 288 g/mol. The van der Waals surface area contributed by atoms with E-state index in [0.29, 0.717) is 6.04 Å². The third-order valence-electron chi connectivity index (χ3n) is 4.06. The molecule has 5 nitrogen and oxygen atoms in total. The Morgan fingerprint density at radius 2 is 2.13 bits per heavy atom. The SMILES string of the molecule is CCCCOCCNC(=NC)NC1CCN(c2ccccc2)C1. The molecule has 1 unspecified atom stereocenters. The third-order valence-corrected chi connectivity index (χ3v) is 4.06. The second-order valence-corrected chi connectivity index (χ2v) is 5.88. The van der Waals surface area contributed by atoms with E-state index >= 15 is 0 Å². The lowest BCUT2D eigenvalue weighted by Crippen LogP contribution is -2.45. The quantitative estimate of drug-likeness (QED) is 0.438. The fraction of sp³-hybridized carbons (Fsp3) is 0.611. The van der Waals surface area contributed by atoms with E-state index in [4.69, 9.17) is 4.74 Å². The van der Waals surface area contributed by atoms with Gasteiger partial charge in [-0.05, 0) is 25.0 Å². The van der Waals surface area contributed by atoms with Gasteiger partial charge < -0.3 is 20.3 Å². The van der Waals surface area contributed by atoms with Crippen molar-refractivity contribution < 1.29 is 4.74 Å². The zero-order chi connectivity index (χ0) is 16.3. The van der Waals surface area contributed by atoms with Gasteiger partial charge in [0.15, 0.2) is 5.96 Å². The Bertz CT molecular complexity index is 463. The van der Waals surface area contributed by atoms with Crippen LogP contribution in [0.4, 0.5) is 5.69 Å². The summed E-state index contributed by atoms with van der Waals surface area (Å²) in [4.78, 5) is 6.72. The van der Waals surface area contributed by atoms with Crippen LogP contribution in [0.2, 0.25) is 0 Å². The first-order valence-electron chi connectivity index (χ1n) is 8.68. The molecular formula is C18H30N4O. The van der Waals surface area contributed by atoms with Gasteiger partial charge in [0.25, 0.3) is 0 Å². The van der Waals surface area contributed by atoms with Crippen molar-refractivity contribution in [2.24, 2.45) is 4.99 Å². The molecule has 2 rings (SSSR count). The molecule has 1 aromatic carbocycles. The van der Waals surface area contributed by atoms with Crippen molar-refractivity contribution in [1.29, 1.82) is 0 Å². The largest absolute Gasteiger partial charge is 0.380 e. The molecule has 5 heteroatoms. The maximum atomic E-state index is 5.56. The number of para-hydroxylation sites is 1. The standard InChI is InChI=1S/C18H30N4O/c1-3-4-13-23-14-11-20-18(19-2)21-16-10-12-22(15-16)17-8-6-5-7-9-17/h5-9,16H,3-4,10-15H2,1-2H3,(H2,19,20,21). The first-order valence-corrected chi connectivity index (χ1v) is 8.68. The normalized spacial score (nSPS) is 18.3. The summed E-state index contributed by atoms with van der Waals surface area (Å²) in [6.07, 6.45) is 3.43. The maximum Gasteiger partial charge on any atom is 0.191 e. The van der Waals surface area contributed by atoms with E-state index in [1.807, 2.05) is 7.05 Å². The van der Waals surface area contributed by atoms with Gasteiger partial charge in [0.1, 0.15) is 0 Å². The molecule has 1 aliphatic rings. The average Bonchev–Trinajstić information content (AvgIpc) is 3.06. The summed E-state index contributed by atoms with van der Waals surface area (Å²) in [5.74, 6) is 0.865. The van der Waals surface area contributed by atoms with Crippen LogP contribution in [0.15, 0.2) is 35.3 Å². The smallest absolute Gasteiger partial charge is 0.191 e. The minimum absolute atomic E-state index is 0.433. The van der Waals surface area contributed by atoms with E-state index in [2.05, 4.69) is 57.8 Å². The highest BCUT2D eigenvalue weighted by atomic mass is 16.5. The molecule has 0 aliphatic carbocycles. The highest BCUT2D eigenvalue weighted by molar-refractivity contribution is 5.80. The van der Waals surface area contributed by atoms with Gasteiger partial charge in [-0.3, -0.25) is 4.99 Å². The number of benzene rings is 1. The molecule has 23 heavy (non-hydrogen) atoms. The summed E-state index contributed by atoms with van der Waals surface area (Å²) in [7, 11) is 1.82. The van der Waals surface area contributed by atoms with E-state index in [0.717, 1.165) is 51.6 Å². The molecule has 0 bridgehead atoms. The number of nitrogens with one attached hydrogen (secondary N) is 2. The third kappa shape index (κ3) is 6.10. The molecule has 0 aromatic heterocycles. The number of guanidine groups is 1. The minimum Gasteiger partial charge on any atom is -0.380 e. The summed E-state index contributed by atoms with van der Waals surface area (Å²) in [5.41, 5.74) is 1.30. The number of aliphatic imine (C=N–C) groups is 1. The highest BCUT2D eigenvalue weighted by Gasteiger charge is 2.23. The van der Waals surface area contributed by atoms with Crippen LogP contribution >= 0.6 is 0 Å². The van der Waals surface area contributed by atoms with Crippen molar-refractivity contribution in [3.63, 3.8) is 0 Å². The fourth-order valence-electron chi connectivity index (χ4n) is 2.73. The van der Waals surface area contributed by atoms with Crippen molar-refractivity contribution in [3.8, 4) is 0 Å². The molecule has 0 amide bonds. The molecule has 2 N–H and O–H groups in total. The Balaban J connectivity index is 1.67. The average molecular weight is 318 g/mol. The summed E-state index contributed by atoms with van der Waals surface area (Å²) >= 11 is 0. The predicted molar refractivity (Wildman–Crippen MR) is 97.3 cm³/mol. The topological polar surface area (TPSA) is 48.9 Å². The summed E-state index contributed by atoms with van der Waals surface area (Å²) in [6.45, 7) is 6.63. The van der Waals surface area contributed by atoms with E-state index in [1.165, 1.54) is 12.1 Å². The predicted octanol–water partition coefficient (Wildman–Crippen LogP) is 2.25. The minimum atomic E-state index is 0.433. The second kappa shape index (κ2) is 10.1. The summed E-state index contributed by atoms with van der Waals surface area (Å²) in [5, 5.41) is 6.83. The van der Waals surface area contributed by atoms with Gasteiger partial charge in [-0.15, -0.1) is 0 Å². The van der Waals surface area contributed by atoms with E-state index in [-0.39, 0.29) is 0 Å². The molecule has 1 atom stereocenters. The Hall–Kier alpha value is -1.75. The van der Waals surface area contributed by atoms with Gasteiger partial charge in [-0.1, -0.05) is 31.5 Å². The number of ether oxygens (including phenoxy) is 1. The van der Waals surface area contributed by atoms with Crippen molar-refractivity contribution in [2.75, 3.05) is 44.8 Å². The number of hydrogen-bond donors (Lipinski definition) is 2. The van der Waals surface area contributed by atoms with Crippen molar-refractivity contribution in [2.45, 2.75) is 32.2 Å². The van der Waals surface area contributed by atoms with Crippen LogP contribution in [-0.4, -0.2) is 51.9 Å². The number of unbranched alkanes of at least 4 members (excludes halogenated alkanes) is 1. The highest BCUT2D eigenvalue weighted by Crippen LogP contribution is 2.19.